The number of nitrogens with zero attached hydrogens (tertiary/aromatic N) is 3. The molecule has 0 amide bonds. The van der Waals surface area contributed by atoms with Crippen molar-refractivity contribution in [3.63, 3.8) is 0 Å². The molecule has 0 aliphatic carbocycles. The highest BCUT2D eigenvalue weighted by atomic mass is 79.9. The average Bonchev–Trinajstić information content (AvgIpc) is 3.24. The number of halogens is 1. The molecule has 1 aliphatic rings. The Balaban J connectivity index is 1.62. The Hall–Kier alpha value is -3.18. The van der Waals surface area contributed by atoms with E-state index < -0.39 is 0 Å². The lowest BCUT2D eigenvalue weighted by Crippen LogP contribution is -2.19. The third-order valence-corrected chi connectivity index (χ3v) is 5.95. The molecular formula is C25H20BrN3O. The minimum absolute atomic E-state index is 0.118. The monoisotopic (exact) mass is 457 g/mol. The first kappa shape index (κ1) is 18.8. The molecule has 1 aliphatic heterocycles. The molecule has 0 saturated heterocycles. The van der Waals surface area contributed by atoms with Crippen LogP contribution in [-0.4, -0.2) is 22.4 Å². The van der Waals surface area contributed by atoms with E-state index in [0.29, 0.717) is 0 Å². The number of methoxy groups -OCH3 is 1. The molecule has 0 saturated carbocycles. The SMILES string of the molecule is COc1ccc([C@@H]2CC(c3ccc(Br)cc3)=Nc3nc(-c4ccccc4)cn32)cc1. The Morgan fingerprint density at radius 3 is 2.33 bits per heavy atom. The molecule has 0 spiro atoms. The van der Waals surface area contributed by atoms with Crippen LogP contribution in [0.5, 0.6) is 5.75 Å². The number of hydrogen-bond donors (Lipinski definition) is 0. The van der Waals surface area contributed by atoms with Gasteiger partial charge in [0.1, 0.15) is 5.75 Å². The van der Waals surface area contributed by atoms with Crippen molar-refractivity contribution in [2.45, 2.75) is 12.5 Å². The van der Waals surface area contributed by atoms with E-state index in [9.17, 15) is 0 Å². The third kappa shape index (κ3) is 3.57. The molecule has 2 heterocycles. The summed E-state index contributed by atoms with van der Waals surface area (Å²) in [6.07, 6.45) is 2.91. The summed E-state index contributed by atoms with van der Waals surface area (Å²) in [6, 6.07) is 26.9. The van der Waals surface area contributed by atoms with Crippen LogP contribution in [0.3, 0.4) is 0 Å². The Morgan fingerprint density at radius 2 is 1.63 bits per heavy atom. The van der Waals surface area contributed by atoms with E-state index in [1.165, 1.54) is 5.56 Å². The van der Waals surface area contributed by atoms with Gasteiger partial charge in [-0.05, 0) is 35.4 Å². The van der Waals surface area contributed by atoms with E-state index in [1.54, 1.807) is 7.11 Å². The molecule has 0 bridgehead atoms. The van der Waals surface area contributed by atoms with Crippen molar-refractivity contribution in [3.05, 3.63) is 101 Å². The average molecular weight is 458 g/mol. The lowest BCUT2D eigenvalue weighted by molar-refractivity contribution is 0.414. The molecule has 1 atom stereocenters. The summed E-state index contributed by atoms with van der Waals surface area (Å²) in [4.78, 5) is 9.79. The van der Waals surface area contributed by atoms with Crippen LogP contribution in [-0.2, 0) is 0 Å². The first-order valence-corrected chi connectivity index (χ1v) is 10.6. The van der Waals surface area contributed by atoms with Crippen molar-refractivity contribution >= 4 is 27.6 Å². The Labute approximate surface area is 184 Å². The second kappa shape index (κ2) is 7.92. The van der Waals surface area contributed by atoms with Crippen LogP contribution in [0.15, 0.2) is 94.5 Å². The van der Waals surface area contributed by atoms with E-state index in [2.05, 4.69) is 75.2 Å². The van der Waals surface area contributed by atoms with Gasteiger partial charge in [-0.3, -0.25) is 0 Å². The van der Waals surface area contributed by atoms with Crippen molar-refractivity contribution in [2.75, 3.05) is 7.11 Å². The van der Waals surface area contributed by atoms with Crippen molar-refractivity contribution < 1.29 is 4.74 Å². The van der Waals surface area contributed by atoms with E-state index in [1.807, 2.05) is 30.3 Å². The number of hydrogen-bond acceptors (Lipinski definition) is 3. The minimum Gasteiger partial charge on any atom is -0.497 e. The van der Waals surface area contributed by atoms with Gasteiger partial charge in [-0.2, -0.15) is 0 Å². The van der Waals surface area contributed by atoms with Crippen LogP contribution in [0, 0.1) is 0 Å². The van der Waals surface area contributed by atoms with Crippen LogP contribution < -0.4 is 4.74 Å². The largest absolute Gasteiger partial charge is 0.497 e. The number of aliphatic imine (C=N–C) groups is 1. The molecule has 30 heavy (non-hydrogen) atoms. The molecule has 0 fully saturated rings. The first-order chi connectivity index (χ1) is 14.7. The first-order valence-electron chi connectivity index (χ1n) is 9.83. The summed E-state index contributed by atoms with van der Waals surface area (Å²) < 4.78 is 8.59. The van der Waals surface area contributed by atoms with E-state index in [0.717, 1.165) is 45.1 Å². The normalized spacial score (nSPS) is 15.4. The molecule has 5 rings (SSSR count). The van der Waals surface area contributed by atoms with E-state index >= 15 is 0 Å². The predicted molar refractivity (Wildman–Crippen MR) is 124 cm³/mol. The fourth-order valence-electron chi connectivity index (χ4n) is 3.82. The Bertz CT molecular complexity index is 1200. The molecule has 4 aromatic rings. The van der Waals surface area contributed by atoms with Crippen LogP contribution in [0.1, 0.15) is 23.6 Å². The summed E-state index contributed by atoms with van der Waals surface area (Å²) >= 11 is 3.52. The van der Waals surface area contributed by atoms with Crippen LogP contribution in [0.25, 0.3) is 11.3 Å². The van der Waals surface area contributed by atoms with Crippen LogP contribution >= 0.6 is 15.9 Å². The highest BCUT2D eigenvalue weighted by Crippen LogP contribution is 2.36. The second-order valence-corrected chi connectivity index (χ2v) is 8.17. The van der Waals surface area contributed by atoms with Gasteiger partial charge in [0, 0.05) is 22.7 Å². The standard InChI is InChI=1S/C25H20BrN3O/c1-30-21-13-9-19(10-14-21)24-15-22(18-7-11-20(26)12-8-18)27-25-28-23(16-29(24)25)17-5-3-2-4-6-17/h2-14,16,24H,15H2,1H3/t24-/m0/s1. The van der Waals surface area contributed by atoms with Gasteiger partial charge in [-0.25, -0.2) is 9.98 Å². The predicted octanol–water partition coefficient (Wildman–Crippen LogP) is 6.44. The van der Waals surface area contributed by atoms with Crippen LogP contribution in [0.2, 0.25) is 0 Å². The molecule has 0 radical (unpaired) electrons. The highest BCUT2D eigenvalue weighted by molar-refractivity contribution is 9.10. The number of aromatic nitrogens is 2. The summed E-state index contributed by atoms with van der Waals surface area (Å²) in [6.45, 7) is 0. The van der Waals surface area contributed by atoms with Gasteiger partial charge >= 0.3 is 0 Å². The molecule has 4 nitrogen and oxygen atoms in total. The third-order valence-electron chi connectivity index (χ3n) is 5.42. The number of rotatable bonds is 4. The van der Waals surface area contributed by atoms with Gasteiger partial charge in [0.25, 0.3) is 0 Å². The fourth-order valence-corrected chi connectivity index (χ4v) is 4.09. The Kier molecular flexibility index (Phi) is 4.97. The molecule has 148 valence electrons. The fraction of sp³-hybridized carbons (Fsp3) is 0.120. The Morgan fingerprint density at radius 1 is 0.900 bits per heavy atom. The maximum atomic E-state index is 5.34. The molecule has 0 N–H and O–H groups in total. The number of benzene rings is 3. The molecule has 5 heteroatoms. The minimum atomic E-state index is 0.118. The van der Waals surface area contributed by atoms with Crippen molar-refractivity contribution in [2.24, 2.45) is 4.99 Å². The summed E-state index contributed by atoms with van der Waals surface area (Å²) in [5.74, 6) is 1.59. The number of imidazole rings is 1. The lowest BCUT2D eigenvalue weighted by atomic mass is 9.95. The van der Waals surface area contributed by atoms with Gasteiger partial charge in [0.05, 0.1) is 24.6 Å². The zero-order valence-corrected chi connectivity index (χ0v) is 18.1. The number of ether oxygens (including phenoxy) is 1. The van der Waals surface area contributed by atoms with E-state index in [-0.39, 0.29) is 6.04 Å². The van der Waals surface area contributed by atoms with Gasteiger partial charge < -0.3 is 9.30 Å². The maximum absolute atomic E-state index is 5.34. The van der Waals surface area contributed by atoms with Crippen molar-refractivity contribution in [1.82, 2.24) is 9.55 Å². The van der Waals surface area contributed by atoms with Gasteiger partial charge in [-0.15, -0.1) is 0 Å². The van der Waals surface area contributed by atoms with Gasteiger partial charge in [0.15, 0.2) is 0 Å². The van der Waals surface area contributed by atoms with Gasteiger partial charge in [0.2, 0.25) is 5.95 Å². The smallest absolute Gasteiger partial charge is 0.230 e. The van der Waals surface area contributed by atoms with Crippen molar-refractivity contribution in [1.29, 1.82) is 0 Å². The highest BCUT2D eigenvalue weighted by Gasteiger charge is 2.26. The topological polar surface area (TPSA) is 39.4 Å². The van der Waals surface area contributed by atoms with Crippen molar-refractivity contribution in [3.8, 4) is 17.0 Å². The van der Waals surface area contributed by atoms with Crippen LogP contribution in [0.4, 0.5) is 5.95 Å². The summed E-state index contributed by atoms with van der Waals surface area (Å²) in [5.41, 5.74) is 5.39. The maximum Gasteiger partial charge on any atom is 0.230 e. The molecular weight excluding hydrogens is 438 g/mol. The summed E-state index contributed by atoms with van der Waals surface area (Å²) in [7, 11) is 1.69. The number of fused-ring (bicyclic) bond motifs is 1. The summed E-state index contributed by atoms with van der Waals surface area (Å²) in [5, 5.41) is 0. The second-order valence-electron chi connectivity index (χ2n) is 7.26. The molecule has 1 aromatic heterocycles. The lowest BCUT2D eigenvalue weighted by Gasteiger charge is -2.25. The molecule has 3 aromatic carbocycles. The van der Waals surface area contributed by atoms with E-state index in [4.69, 9.17) is 14.7 Å². The van der Waals surface area contributed by atoms with Gasteiger partial charge in [-0.1, -0.05) is 70.5 Å². The molecule has 0 unspecified atom stereocenters. The quantitative estimate of drug-likeness (QED) is 0.353. The zero-order chi connectivity index (χ0) is 20.5. The zero-order valence-electron chi connectivity index (χ0n) is 16.5.